The fourth-order valence-corrected chi connectivity index (χ4v) is 4.79. The van der Waals surface area contributed by atoms with Gasteiger partial charge in [-0.25, -0.2) is 0 Å². The van der Waals surface area contributed by atoms with Crippen molar-refractivity contribution >= 4 is 55.9 Å². The van der Waals surface area contributed by atoms with Crippen LogP contribution in [0.5, 0.6) is 5.75 Å². The zero-order valence-electron chi connectivity index (χ0n) is 24.1. The number of amides is 1. The first-order valence-electron chi connectivity index (χ1n) is 12.8. The van der Waals surface area contributed by atoms with Crippen LogP contribution in [0.15, 0.2) is 57.6 Å². The summed E-state index contributed by atoms with van der Waals surface area (Å²) in [5.74, 6) is -0.306. The Hall–Kier alpha value is -5.50. The molecule has 0 aliphatic heterocycles. The topological polar surface area (TPSA) is 210 Å². The van der Waals surface area contributed by atoms with Crippen LogP contribution < -0.4 is 15.0 Å². The molecular formula is C27H26FN7O8S. The van der Waals surface area contributed by atoms with Crippen LogP contribution in [0, 0.1) is 38.5 Å². The van der Waals surface area contributed by atoms with Gasteiger partial charge in [0.25, 0.3) is 5.69 Å². The van der Waals surface area contributed by atoms with Crippen LogP contribution in [0.2, 0.25) is 0 Å². The number of nitro benzene ring substituents is 2. The molecule has 0 bridgehead atoms. The highest BCUT2D eigenvalue weighted by Crippen LogP contribution is 2.47. The van der Waals surface area contributed by atoms with Crippen LogP contribution in [-0.4, -0.2) is 37.3 Å². The average molecular weight is 628 g/mol. The van der Waals surface area contributed by atoms with E-state index >= 15 is 0 Å². The third-order valence-corrected chi connectivity index (χ3v) is 7.37. The number of hydrogen-bond donors (Lipinski definition) is 1. The Balaban J connectivity index is 2.32. The summed E-state index contributed by atoms with van der Waals surface area (Å²) in [6, 6.07) is 9.34. The molecule has 3 rings (SSSR count). The van der Waals surface area contributed by atoms with Gasteiger partial charge >= 0.3 is 15.9 Å². The second-order valence-electron chi connectivity index (χ2n) is 9.37. The Morgan fingerprint density at radius 2 is 1.80 bits per heavy atom. The van der Waals surface area contributed by atoms with E-state index < -0.39 is 53.5 Å². The Morgan fingerprint density at radius 1 is 1.16 bits per heavy atom. The molecule has 0 heterocycles. The molecule has 3 aromatic carbocycles. The first kappa shape index (κ1) is 33.0. The van der Waals surface area contributed by atoms with E-state index in [4.69, 9.17) is 4.74 Å². The highest BCUT2D eigenvalue weighted by atomic mass is 32.3. The van der Waals surface area contributed by atoms with Crippen LogP contribution >= 0.6 is 0 Å². The van der Waals surface area contributed by atoms with Crippen molar-refractivity contribution in [3.63, 3.8) is 0 Å². The summed E-state index contributed by atoms with van der Waals surface area (Å²) < 4.78 is 42.0. The van der Waals surface area contributed by atoms with Gasteiger partial charge in [-0.15, -0.1) is 14.1 Å². The van der Waals surface area contributed by atoms with Gasteiger partial charge in [0, 0.05) is 36.3 Å². The molecule has 0 saturated heterocycles. The van der Waals surface area contributed by atoms with Crippen molar-refractivity contribution in [3.8, 4) is 11.8 Å². The zero-order valence-corrected chi connectivity index (χ0v) is 24.9. The molecule has 44 heavy (non-hydrogen) atoms. The van der Waals surface area contributed by atoms with E-state index in [1.54, 1.807) is 17.9 Å². The Morgan fingerprint density at radius 3 is 2.27 bits per heavy atom. The zero-order chi connectivity index (χ0) is 32.9. The molecule has 0 saturated carbocycles. The number of azo groups is 1. The number of hydrogen-bond acceptors (Lipinski definition) is 12. The van der Waals surface area contributed by atoms with E-state index in [0.717, 1.165) is 18.2 Å². The molecule has 1 atom stereocenters. The summed E-state index contributed by atoms with van der Waals surface area (Å²) in [4.78, 5) is 34.6. The number of carbonyl (C=O) groups excluding carboxylic acids is 1. The molecule has 0 aliphatic carbocycles. The first-order valence-corrected chi connectivity index (χ1v) is 14.1. The van der Waals surface area contributed by atoms with E-state index in [2.05, 4.69) is 15.5 Å². The van der Waals surface area contributed by atoms with E-state index in [0.29, 0.717) is 29.4 Å². The van der Waals surface area contributed by atoms with Crippen LogP contribution in [0.1, 0.15) is 38.3 Å². The molecule has 0 aliphatic rings. The largest absolute Gasteiger partial charge is 0.494 e. The number of nitrogens with one attached hydrogen (secondary N) is 1. The SMILES string of the molecule is CCC(C)N(c1ccc(S(=O)(=O)F)cc1)c1c(OC)cc(N=Nc2c(C#N)cc([N+](=O)[O-])cc2[N+](=O)[O-])c(NC(C)=O)c1C. The van der Waals surface area contributed by atoms with Gasteiger partial charge in [-0.05, 0) is 44.5 Å². The van der Waals surface area contributed by atoms with Crippen LogP contribution in [0.25, 0.3) is 0 Å². The van der Waals surface area contributed by atoms with Crippen molar-refractivity contribution < 1.29 is 31.7 Å². The molecule has 0 spiro atoms. The standard InChI is InChI=1S/C27H26FN7O8S/c1-6-15(2)33(19-7-9-21(10-8-19)44(28,41)42)27-16(3)25(30-17(4)36)22(13-24(27)43-5)31-32-26-18(14-29)11-20(34(37)38)12-23(26)35(39)40/h7-13,15H,6H2,1-5H3,(H,30,36). The lowest BCUT2D eigenvalue weighted by molar-refractivity contribution is -0.393. The third-order valence-electron chi connectivity index (χ3n) is 6.54. The maximum atomic E-state index is 13.6. The number of halogens is 1. The number of nitrogens with zero attached hydrogens (tertiary/aromatic N) is 6. The monoisotopic (exact) mass is 627 g/mol. The number of carbonyl (C=O) groups is 1. The minimum absolute atomic E-state index is 0.0298. The molecule has 1 amide bonds. The lowest BCUT2D eigenvalue weighted by Gasteiger charge is -2.34. The molecule has 0 radical (unpaired) electrons. The number of rotatable bonds is 11. The maximum Gasteiger partial charge on any atom is 0.332 e. The van der Waals surface area contributed by atoms with Crippen molar-refractivity contribution in [3.05, 3.63) is 73.8 Å². The Labute approximate surface area is 251 Å². The Bertz CT molecular complexity index is 1820. The summed E-state index contributed by atoms with van der Waals surface area (Å²) in [5.41, 5.74) is -1.14. The molecule has 1 unspecified atom stereocenters. The van der Waals surface area contributed by atoms with E-state index in [-0.39, 0.29) is 23.2 Å². The molecule has 1 N–H and O–H groups in total. The number of benzene rings is 3. The van der Waals surface area contributed by atoms with Crippen molar-refractivity contribution in [2.75, 3.05) is 17.3 Å². The molecule has 0 aromatic heterocycles. The van der Waals surface area contributed by atoms with Crippen LogP contribution in [-0.2, 0) is 15.0 Å². The smallest absolute Gasteiger partial charge is 0.332 e. The van der Waals surface area contributed by atoms with Crippen LogP contribution in [0.4, 0.5) is 43.7 Å². The lowest BCUT2D eigenvalue weighted by Crippen LogP contribution is -2.29. The summed E-state index contributed by atoms with van der Waals surface area (Å²) in [5, 5.41) is 43.1. The minimum Gasteiger partial charge on any atom is -0.494 e. The second-order valence-corrected chi connectivity index (χ2v) is 10.7. The number of nitro groups is 2. The van der Waals surface area contributed by atoms with Crippen molar-refractivity contribution in [1.29, 1.82) is 5.26 Å². The number of ether oxygens (including phenoxy) is 1. The van der Waals surface area contributed by atoms with Gasteiger partial charge < -0.3 is 15.0 Å². The number of methoxy groups -OCH3 is 1. The van der Waals surface area contributed by atoms with E-state index in [9.17, 15) is 42.6 Å². The number of anilines is 3. The van der Waals surface area contributed by atoms with Crippen molar-refractivity contribution in [2.24, 2.45) is 10.2 Å². The van der Waals surface area contributed by atoms with Gasteiger partial charge in [0.1, 0.15) is 17.5 Å². The minimum atomic E-state index is -4.94. The molecule has 0 fully saturated rings. The molecular weight excluding hydrogens is 601 g/mol. The number of nitriles is 1. The molecule has 230 valence electrons. The van der Waals surface area contributed by atoms with E-state index in [1.807, 2.05) is 13.8 Å². The third kappa shape index (κ3) is 6.93. The van der Waals surface area contributed by atoms with Gasteiger partial charge in [-0.1, -0.05) is 6.92 Å². The highest BCUT2D eigenvalue weighted by Gasteiger charge is 2.28. The fraction of sp³-hybridized carbons (Fsp3) is 0.259. The lowest BCUT2D eigenvalue weighted by atomic mass is 10.0. The average Bonchev–Trinajstić information content (AvgIpc) is 2.97. The van der Waals surface area contributed by atoms with Gasteiger partial charge in [-0.3, -0.25) is 25.0 Å². The van der Waals surface area contributed by atoms with Crippen LogP contribution in [0.3, 0.4) is 0 Å². The summed E-state index contributed by atoms with van der Waals surface area (Å²) in [6.45, 7) is 6.65. The molecule has 15 nitrogen and oxygen atoms in total. The maximum absolute atomic E-state index is 13.6. The predicted octanol–water partition coefficient (Wildman–Crippen LogP) is 6.66. The van der Waals surface area contributed by atoms with E-state index in [1.165, 1.54) is 32.2 Å². The molecule has 17 heteroatoms. The predicted molar refractivity (Wildman–Crippen MR) is 157 cm³/mol. The van der Waals surface area contributed by atoms with Crippen molar-refractivity contribution in [2.45, 2.75) is 45.1 Å². The highest BCUT2D eigenvalue weighted by molar-refractivity contribution is 7.86. The summed E-state index contributed by atoms with van der Waals surface area (Å²) >= 11 is 0. The fourth-order valence-electron chi connectivity index (χ4n) is 4.33. The van der Waals surface area contributed by atoms with Gasteiger partial charge in [0.2, 0.25) is 5.91 Å². The van der Waals surface area contributed by atoms with Crippen molar-refractivity contribution in [1.82, 2.24) is 0 Å². The van der Waals surface area contributed by atoms with Gasteiger partial charge in [0.15, 0.2) is 5.69 Å². The molecule has 3 aromatic rings. The second kappa shape index (κ2) is 13.2. The van der Waals surface area contributed by atoms with Gasteiger partial charge in [0.05, 0.1) is 44.9 Å². The normalized spacial score (nSPS) is 11.9. The summed E-state index contributed by atoms with van der Waals surface area (Å²) in [6.07, 6.45) is 0.587. The number of non-ortho nitro benzene ring substituents is 1. The first-order chi connectivity index (χ1) is 20.6. The van der Waals surface area contributed by atoms with Gasteiger partial charge in [-0.2, -0.15) is 13.7 Å². The summed E-state index contributed by atoms with van der Waals surface area (Å²) in [7, 11) is -3.58. The quantitative estimate of drug-likeness (QED) is 0.103. The Kier molecular flexibility index (Phi) is 9.91.